The molecule has 0 saturated carbocycles. The summed E-state index contributed by atoms with van der Waals surface area (Å²) in [5.41, 5.74) is 0. The molecule has 0 bridgehead atoms. The number of benzene rings is 1. The molecular formula is C16H23ClFNO2. The molecule has 0 aliphatic heterocycles. The first kappa shape index (κ1) is 17.8. The van der Waals surface area contributed by atoms with Gasteiger partial charge in [-0.05, 0) is 30.0 Å². The molecule has 1 amide bonds. The second kappa shape index (κ2) is 8.23. The number of nitrogens with zero attached hydrogens (tertiary/aromatic N) is 1. The number of hydrogen-bond donors (Lipinski definition) is 0. The molecule has 0 aliphatic carbocycles. The average Bonchev–Trinajstić information content (AvgIpc) is 2.35. The molecule has 0 N–H and O–H groups in total. The van der Waals surface area contributed by atoms with Crippen molar-refractivity contribution in [2.45, 2.75) is 27.7 Å². The molecule has 0 aromatic heterocycles. The van der Waals surface area contributed by atoms with Crippen LogP contribution in [0.25, 0.3) is 0 Å². The van der Waals surface area contributed by atoms with Crippen LogP contribution in [0.2, 0.25) is 5.02 Å². The SMILES string of the molecule is CC(C)CN(CC(C)C)C(=O)COc1ccc(F)cc1Cl. The average molecular weight is 316 g/mol. The molecule has 0 fully saturated rings. The maximum atomic E-state index is 12.9. The van der Waals surface area contributed by atoms with Crippen molar-refractivity contribution < 1.29 is 13.9 Å². The standard InChI is InChI=1S/C16H23ClFNO2/c1-11(2)8-19(9-12(3)4)16(20)10-21-15-6-5-13(18)7-14(15)17/h5-7,11-12H,8-10H2,1-4H3. The Morgan fingerprint density at radius 1 is 1.24 bits per heavy atom. The lowest BCUT2D eigenvalue weighted by atomic mass is 10.1. The fourth-order valence-corrected chi connectivity index (χ4v) is 2.20. The van der Waals surface area contributed by atoms with Crippen LogP contribution >= 0.6 is 11.6 Å². The molecule has 0 radical (unpaired) electrons. The summed E-state index contributed by atoms with van der Waals surface area (Å²) >= 11 is 5.87. The summed E-state index contributed by atoms with van der Waals surface area (Å²) in [6.07, 6.45) is 0. The van der Waals surface area contributed by atoms with Gasteiger partial charge in [0, 0.05) is 13.1 Å². The van der Waals surface area contributed by atoms with Gasteiger partial charge in [0.1, 0.15) is 11.6 Å². The molecule has 1 aromatic rings. The number of hydrogen-bond acceptors (Lipinski definition) is 2. The van der Waals surface area contributed by atoms with Crippen molar-refractivity contribution in [3.8, 4) is 5.75 Å². The molecule has 0 spiro atoms. The molecule has 0 aliphatic rings. The minimum Gasteiger partial charge on any atom is -0.482 e. The maximum absolute atomic E-state index is 12.9. The van der Waals surface area contributed by atoms with Crippen LogP contribution < -0.4 is 4.74 Å². The quantitative estimate of drug-likeness (QED) is 0.761. The summed E-state index contributed by atoms with van der Waals surface area (Å²) in [4.78, 5) is 14.0. The Balaban J connectivity index is 2.64. The minimum atomic E-state index is -0.431. The van der Waals surface area contributed by atoms with Gasteiger partial charge >= 0.3 is 0 Å². The summed E-state index contributed by atoms with van der Waals surface area (Å²) in [6.45, 7) is 9.56. The monoisotopic (exact) mass is 315 g/mol. The normalized spacial score (nSPS) is 11.0. The smallest absolute Gasteiger partial charge is 0.260 e. The van der Waals surface area contributed by atoms with Gasteiger partial charge in [0.05, 0.1) is 5.02 Å². The van der Waals surface area contributed by atoms with E-state index in [9.17, 15) is 9.18 Å². The van der Waals surface area contributed by atoms with Gasteiger partial charge in [0.25, 0.3) is 5.91 Å². The topological polar surface area (TPSA) is 29.5 Å². The molecular weight excluding hydrogens is 293 g/mol. The van der Waals surface area contributed by atoms with Crippen molar-refractivity contribution in [3.05, 3.63) is 29.0 Å². The predicted molar refractivity (Wildman–Crippen MR) is 83.2 cm³/mol. The summed E-state index contributed by atoms with van der Waals surface area (Å²) in [6, 6.07) is 3.85. The van der Waals surface area contributed by atoms with E-state index in [4.69, 9.17) is 16.3 Å². The van der Waals surface area contributed by atoms with Gasteiger partial charge in [-0.25, -0.2) is 4.39 Å². The first-order valence-electron chi connectivity index (χ1n) is 7.15. The Bertz CT molecular complexity index is 467. The van der Waals surface area contributed by atoms with Crippen LogP contribution in [0.1, 0.15) is 27.7 Å². The van der Waals surface area contributed by atoms with E-state index in [0.29, 0.717) is 30.7 Å². The summed E-state index contributed by atoms with van der Waals surface area (Å²) in [5, 5.41) is 0.169. The predicted octanol–water partition coefficient (Wildman–Crippen LogP) is 4.00. The van der Waals surface area contributed by atoms with E-state index in [1.165, 1.54) is 18.2 Å². The van der Waals surface area contributed by atoms with Crippen LogP contribution in [-0.4, -0.2) is 30.5 Å². The zero-order chi connectivity index (χ0) is 16.0. The third kappa shape index (κ3) is 6.34. The molecule has 0 unspecified atom stereocenters. The molecule has 0 heterocycles. The first-order chi connectivity index (χ1) is 9.79. The van der Waals surface area contributed by atoms with Crippen LogP contribution in [0.5, 0.6) is 5.75 Å². The molecule has 0 saturated heterocycles. The van der Waals surface area contributed by atoms with E-state index < -0.39 is 5.82 Å². The Kier molecular flexibility index (Phi) is 6.96. The van der Waals surface area contributed by atoms with Crippen LogP contribution in [0, 0.1) is 17.7 Å². The number of carbonyl (C=O) groups is 1. The number of rotatable bonds is 7. The van der Waals surface area contributed by atoms with Crippen LogP contribution in [0.3, 0.4) is 0 Å². The van der Waals surface area contributed by atoms with Gasteiger partial charge in [-0.2, -0.15) is 0 Å². The minimum absolute atomic E-state index is 0.0854. The highest BCUT2D eigenvalue weighted by atomic mass is 35.5. The highest BCUT2D eigenvalue weighted by molar-refractivity contribution is 6.32. The van der Waals surface area contributed by atoms with Crippen LogP contribution in [0.15, 0.2) is 18.2 Å². The largest absolute Gasteiger partial charge is 0.482 e. The Hall–Kier alpha value is -1.29. The highest BCUT2D eigenvalue weighted by Gasteiger charge is 2.17. The zero-order valence-corrected chi connectivity index (χ0v) is 13.8. The Labute approximate surface area is 131 Å². The van der Waals surface area contributed by atoms with Crippen molar-refractivity contribution in [2.75, 3.05) is 19.7 Å². The number of halogens is 2. The van der Waals surface area contributed by atoms with Gasteiger partial charge in [-0.3, -0.25) is 4.79 Å². The fraction of sp³-hybridized carbons (Fsp3) is 0.562. The molecule has 3 nitrogen and oxygen atoms in total. The van der Waals surface area contributed by atoms with E-state index in [-0.39, 0.29) is 17.5 Å². The second-order valence-corrected chi connectivity index (χ2v) is 6.36. The third-order valence-corrected chi connectivity index (χ3v) is 3.06. The van der Waals surface area contributed by atoms with Crippen molar-refractivity contribution in [1.82, 2.24) is 4.90 Å². The lowest BCUT2D eigenvalue weighted by Crippen LogP contribution is -2.39. The van der Waals surface area contributed by atoms with Crippen molar-refractivity contribution in [1.29, 1.82) is 0 Å². The second-order valence-electron chi connectivity index (χ2n) is 5.95. The van der Waals surface area contributed by atoms with Crippen LogP contribution in [-0.2, 0) is 4.79 Å². The van der Waals surface area contributed by atoms with Crippen LogP contribution in [0.4, 0.5) is 4.39 Å². The van der Waals surface area contributed by atoms with E-state index in [0.717, 1.165) is 0 Å². The van der Waals surface area contributed by atoms with E-state index in [1.807, 2.05) is 0 Å². The van der Waals surface area contributed by atoms with Gasteiger partial charge in [-0.15, -0.1) is 0 Å². The van der Waals surface area contributed by atoms with E-state index >= 15 is 0 Å². The number of ether oxygens (including phenoxy) is 1. The summed E-state index contributed by atoms with van der Waals surface area (Å²) < 4.78 is 18.4. The Morgan fingerprint density at radius 2 is 1.81 bits per heavy atom. The number of amides is 1. The Morgan fingerprint density at radius 3 is 2.29 bits per heavy atom. The number of carbonyl (C=O) groups excluding carboxylic acids is 1. The molecule has 1 rings (SSSR count). The van der Waals surface area contributed by atoms with Gasteiger partial charge in [0.2, 0.25) is 0 Å². The van der Waals surface area contributed by atoms with Crippen molar-refractivity contribution in [3.63, 3.8) is 0 Å². The molecule has 1 aromatic carbocycles. The molecule has 21 heavy (non-hydrogen) atoms. The van der Waals surface area contributed by atoms with Crippen molar-refractivity contribution >= 4 is 17.5 Å². The molecule has 5 heteroatoms. The highest BCUT2D eigenvalue weighted by Crippen LogP contribution is 2.24. The molecule has 0 atom stereocenters. The maximum Gasteiger partial charge on any atom is 0.260 e. The summed E-state index contributed by atoms with van der Waals surface area (Å²) in [7, 11) is 0. The fourth-order valence-electron chi connectivity index (χ4n) is 1.98. The molecule has 118 valence electrons. The first-order valence-corrected chi connectivity index (χ1v) is 7.53. The summed E-state index contributed by atoms with van der Waals surface area (Å²) in [5.74, 6) is 0.586. The van der Waals surface area contributed by atoms with E-state index in [2.05, 4.69) is 27.7 Å². The van der Waals surface area contributed by atoms with Gasteiger partial charge in [-0.1, -0.05) is 39.3 Å². The third-order valence-electron chi connectivity index (χ3n) is 2.77. The van der Waals surface area contributed by atoms with Gasteiger partial charge < -0.3 is 9.64 Å². The lowest BCUT2D eigenvalue weighted by Gasteiger charge is -2.26. The zero-order valence-electron chi connectivity index (χ0n) is 13.0. The lowest BCUT2D eigenvalue weighted by molar-refractivity contribution is -0.134. The van der Waals surface area contributed by atoms with Gasteiger partial charge in [0.15, 0.2) is 6.61 Å². The van der Waals surface area contributed by atoms with Crippen molar-refractivity contribution in [2.24, 2.45) is 11.8 Å². The van der Waals surface area contributed by atoms with E-state index in [1.54, 1.807) is 4.90 Å².